The lowest BCUT2D eigenvalue weighted by molar-refractivity contribution is -0.148. The standard InChI is InChI=1S/C29H40N4O4S2/c1-5-8-9-10-11-12-15-33-27(35)24(39-29(33)38)18-22-20(4)23(19-30)26(34)32(6-2)25(22)31-16-13-21(14-17-31)28(36)37-7-3/h18,21H,5-17H2,1-4H3. The highest BCUT2D eigenvalue weighted by Gasteiger charge is 2.34. The molecule has 2 aliphatic rings. The third-order valence-corrected chi connectivity index (χ3v) is 8.84. The summed E-state index contributed by atoms with van der Waals surface area (Å²) < 4.78 is 7.37. The Morgan fingerprint density at radius 3 is 2.41 bits per heavy atom. The monoisotopic (exact) mass is 572 g/mol. The van der Waals surface area contributed by atoms with E-state index in [0.717, 1.165) is 19.3 Å². The number of amides is 1. The Bertz CT molecular complexity index is 1210. The highest BCUT2D eigenvalue weighted by atomic mass is 32.2. The molecule has 1 amide bonds. The van der Waals surface area contributed by atoms with Crippen LogP contribution in [-0.2, 0) is 20.9 Å². The van der Waals surface area contributed by atoms with Crippen molar-refractivity contribution < 1.29 is 14.3 Å². The number of aromatic nitrogens is 1. The van der Waals surface area contributed by atoms with E-state index >= 15 is 0 Å². The minimum Gasteiger partial charge on any atom is -0.466 e. The number of nitrogens with zero attached hydrogens (tertiary/aromatic N) is 4. The molecule has 2 aliphatic heterocycles. The van der Waals surface area contributed by atoms with Crippen LogP contribution in [0, 0.1) is 24.2 Å². The van der Waals surface area contributed by atoms with Crippen LogP contribution < -0.4 is 10.5 Å². The molecule has 1 aromatic rings. The Balaban J connectivity index is 1.92. The van der Waals surface area contributed by atoms with Gasteiger partial charge in [0.25, 0.3) is 11.5 Å². The molecule has 1 aromatic heterocycles. The lowest BCUT2D eigenvalue weighted by atomic mass is 9.95. The first-order chi connectivity index (χ1) is 18.8. The fourth-order valence-electron chi connectivity index (χ4n) is 5.24. The van der Waals surface area contributed by atoms with Gasteiger partial charge in [0, 0.05) is 31.7 Å². The van der Waals surface area contributed by atoms with E-state index in [1.54, 1.807) is 29.4 Å². The quantitative estimate of drug-likeness (QED) is 0.142. The zero-order valence-corrected chi connectivity index (χ0v) is 25.2. The fraction of sp³-hybridized carbons (Fsp3) is 0.621. The van der Waals surface area contributed by atoms with E-state index < -0.39 is 0 Å². The number of unbranched alkanes of at least 4 members (excludes halogenated alkanes) is 5. The predicted octanol–water partition coefficient (Wildman–Crippen LogP) is 5.39. The molecule has 3 heterocycles. The molecule has 10 heteroatoms. The number of anilines is 1. The highest BCUT2D eigenvalue weighted by Crippen LogP contribution is 2.37. The largest absolute Gasteiger partial charge is 0.466 e. The maximum Gasteiger partial charge on any atom is 0.309 e. The first kappa shape index (κ1) is 30.9. The van der Waals surface area contributed by atoms with Crippen LogP contribution in [-0.4, -0.2) is 51.9 Å². The molecule has 0 N–H and O–H groups in total. The lowest BCUT2D eigenvalue weighted by Gasteiger charge is -2.35. The van der Waals surface area contributed by atoms with Crippen molar-refractivity contribution in [3.63, 3.8) is 0 Å². The number of ether oxygens (including phenoxy) is 1. The van der Waals surface area contributed by atoms with E-state index in [9.17, 15) is 19.6 Å². The van der Waals surface area contributed by atoms with E-state index in [-0.39, 0.29) is 28.9 Å². The van der Waals surface area contributed by atoms with Gasteiger partial charge in [-0.05, 0) is 51.7 Å². The number of esters is 1. The molecule has 212 valence electrons. The van der Waals surface area contributed by atoms with Crippen molar-refractivity contribution in [1.29, 1.82) is 5.26 Å². The summed E-state index contributed by atoms with van der Waals surface area (Å²) in [5, 5.41) is 9.81. The average molecular weight is 573 g/mol. The zero-order chi connectivity index (χ0) is 28.5. The van der Waals surface area contributed by atoms with Crippen LogP contribution in [0.3, 0.4) is 0 Å². The van der Waals surface area contributed by atoms with Crippen LogP contribution in [0.5, 0.6) is 0 Å². The minimum atomic E-state index is -0.340. The van der Waals surface area contributed by atoms with E-state index in [0.29, 0.717) is 71.8 Å². The third-order valence-electron chi connectivity index (χ3n) is 7.46. The number of thioether (sulfide) groups is 1. The Morgan fingerprint density at radius 2 is 1.79 bits per heavy atom. The van der Waals surface area contributed by atoms with Gasteiger partial charge in [0.1, 0.15) is 21.8 Å². The van der Waals surface area contributed by atoms with Crippen molar-refractivity contribution in [2.24, 2.45) is 5.92 Å². The number of pyridine rings is 1. The molecular weight excluding hydrogens is 532 g/mol. The van der Waals surface area contributed by atoms with Crippen LogP contribution in [0.1, 0.15) is 88.8 Å². The average Bonchev–Trinajstić information content (AvgIpc) is 3.19. The number of piperidine rings is 1. The zero-order valence-electron chi connectivity index (χ0n) is 23.6. The Hall–Kier alpha value is -2.64. The smallest absolute Gasteiger partial charge is 0.309 e. The molecule has 0 spiro atoms. The number of nitriles is 1. The Labute approximate surface area is 241 Å². The van der Waals surface area contributed by atoms with Gasteiger partial charge >= 0.3 is 5.97 Å². The first-order valence-electron chi connectivity index (χ1n) is 14.1. The summed E-state index contributed by atoms with van der Waals surface area (Å²) in [4.78, 5) is 43.2. The second-order valence-corrected chi connectivity index (χ2v) is 11.7. The SMILES string of the molecule is CCCCCCCCN1C(=O)C(=Cc2c(C)c(C#N)c(=O)n(CC)c2N2CCC(C(=O)OCC)CC2)SC1=S. The van der Waals surface area contributed by atoms with Gasteiger partial charge in [-0.25, -0.2) is 0 Å². The number of carbonyl (C=O) groups excluding carboxylic acids is 2. The van der Waals surface area contributed by atoms with E-state index in [4.69, 9.17) is 17.0 Å². The van der Waals surface area contributed by atoms with Crippen LogP contribution in [0.4, 0.5) is 5.82 Å². The topological polar surface area (TPSA) is 95.6 Å². The second-order valence-electron chi connectivity index (χ2n) is 10.0. The van der Waals surface area contributed by atoms with Gasteiger partial charge in [-0.1, -0.05) is 63.0 Å². The molecule has 8 nitrogen and oxygen atoms in total. The van der Waals surface area contributed by atoms with Crippen LogP contribution in [0.2, 0.25) is 0 Å². The van der Waals surface area contributed by atoms with E-state index in [1.165, 1.54) is 31.0 Å². The molecular formula is C29H40N4O4S2. The van der Waals surface area contributed by atoms with Gasteiger partial charge < -0.3 is 9.64 Å². The summed E-state index contributed by atoms with van der Waals surface area (Å²) in [6.45, 7) is 10.1. The molecule has 0 saturated carbocycles. The van der Waals surface area contributed by atoms with Crippen molar-refractivity contribution in [2.45, 2.75) is 85.6 Å². The fourth-order valence-corrected chi connectivity index (χ4v) is 6.53. The maximum atomic E-state index is 13.4. The molecule has 39 heavy (non-hydrogen) atoms. The number of thiocarbonyl (C=S) groups is 1. The van der Waals surface area contributed by atoms with Gasteiger partial charge in [0.15, 0.2) is 0 Å². The molecule has 0 aliphatic carbocycles. The van der Waals surface area contributed by atoms with Gasteiger partial charge in [0.2, 0.25) is 0 Å². The van der Waals surface area contributed by atoms with Crippen molar-refractivity contribution >= 4 is 52.1 Å². The molecule has 2 saturated heterocycles. The van der Waals surface area contributed by atoms with Crippen LogP contribution in [0.15, 0.2) is 9.70 Å². The third kappa shape index (κ3) is 7.12. The lowest BCUT2D eigenvalue weighted by Crippen LogP contribution is -2.41. The molecule has 0 bridgehead atoms. The Morgan fingerprint density at radius 1 is 1.13 bits per heavy atom. The summed E-state index contributed by atoms with van der Waals surface area (Å²) >= 11 is 6.84. The summed E-state index contributed by atoms with van der Waals surface area (Å²) in [7, 11) is 0. The van der Waals surface area contributed by atoms with E-state index in [2.05, 4.69) is 17.9 Å². The summed E-state index contributed by atoms with van der Waals surface area (Å²) in [5.41, 5.74) is 0.974. The summed E-state index contributed by atoms with van der Waals surface area (Å²) in [6.07, 6.45) is 9.78. The maximum absolute atomic E-state index is 13.4. The van der Waals surface area contributed by atoms with Crippen LogP contribution in [0.25, 0.3) is 6.08 Å². The summed E-state index contributed by atoms with van der Waals surface area (Å²) in [6, 6.07) is 2.08. The van der Waals surface area contributed by atoms with E-state index in [1.807, 2.05) is 6.92 Å². The summed E-state index contributed by atoms with van der Waals surface area (Å²) in [5.74, 6) is 0.194. The molecule has 0 radical (unpaired) electrons. The van der Waals surface area contributed by atoms with Gasteiger partial charge in [-0.2, -0.15) is 5.26 Å². The van der Waals surface area contributed by atoms with Crippen molar-refractivity contribution in [1.82, 2.24) is 9.47 Å². The van der Waals surface area contributed by atoms with Crippen LogP contribution >= 0.6 is 24.0 Å². The van der Waals surface area contributed by atoms with Crippen molar-refractivity contribution in [3.05, 3.63) is 31.9 Å². The molecule has 0 atom stereocenters. The van der Waals surface area contributed by atoms with Crippen molar-refractivity contribution in [3.8, 4) is 6.07 Å². The number of carbonyl (C=O) groups is 2. The highest BCUT2D eigenvalue weighted by molar-refractivity contribution is 8.26. The van der Waals surface area contributed by atoms with Gasteiger partial charge in [-0.3, -0.25) is 23.9 Å². The Kier molecular flexibility index (Phi) is 11.6. The number of hydrogen-bond acceptors (Lipinski definition) is 8. The normalized spacial score (nSPS) is 17.3. The molecule has 0 unspecified atom stereocenters. The van der Waals surface area contributed by atoms with Crippen molar-refractivity contribution in [2.75, 3.05) is 31.1 Å². The van der Waals surface area contributed by atoms with Gasteiger partial charge in [0.05, 0.1) is 17.4 Å². The molecule has 0 aromatic carbocycles. The second kappa shape index (κ2) is 14.7. The number of hydrogen-bond donors (Lipinski definition) is 0. The first-order valence-corrected chi connectivity index (χ1v) is 15.4. The minimum absolute atomic E-state index is 0.0795. The molecule has 3 rings (SSSR count). The number of rotatable bonds is 12. The predicted molar refractivity (Wildman–Crippen MR) is 161 cm³/mol. The van der Waals surface area contributed by atoms with Gasteiger partial charge in [-0.15, -0.1) is 0 Å². The molecule has 2 fully saturated rings.